The number of ether oxygens (including phenoxy) is 2. The first kappa shape index (κ1) is 24.2. The molecule has 1 fully saturated rings. The summed E-state index contributed by atoms with van der Waals surface area (Å²) in [5, 5.41) is 5.27. The van der Waals surface area contributed by atoms with Crippen LogP contribution in [0.5, 0.6) is 11.5 Å². The molecule has 6 nitrogen and oxygen atoms in total. The molecule has 3 aromatic rings. The number of carbonyl (C=O) groups is 1. The van der Waals surface area contributed by atoms with Crippen LogP contribution in [-0.2, 0) is 6.61 Å². The van der Waals surface area contributed by atoms with Crippen LogP contribution in [0.15, 0.2) is 60.2 Å². The van der Waals surface area contributed by atoms with E-state index in [2.05, 4.69) is 39.6 Å². The fourth-order valence-electron chi connectivity index (χ4n) is 4.20. The molecule has 0 saturated carbocycles. The second-order valence-corrected chi connectivity index (χ2v) is 9.68. The van der Waals surface area contributed by atoms with Gasteiger partial charge in [0.05, 0.1) is 12.6 Å². The summed E-state index contributed by atoms with van der Waals surface area (Å²) in [6, 6.07) is 13.6. The minimum atomic E-state index is -0.105. The topological polar surface area (TPSA) is 63.7 Å². The Morgan fingerprint density at radius 1 is 1.18 bits per heavy atom. The van der Waals surface area contributed by atoms with Gasteiger partial charge >= 0.3 is 0 Å². The number of piperidine rings is 1. The predicted molar refractivity (Wildman–Crippen MR) is 136 cm³/mol. The van der Waals surface area contributed by atoms with Crippen LogP contribution < -0.4 is 14.8 Å². The standard InChI is InChI=1S/C27H33N3O3S/c1-3-32-25-16-22(8-9-24(25)33-19-21-6-4-12-28-17-21)27(31)29-18-23(26-7-5-15-34-26)30-13-10-20(2)11-14-30/h4-9,12,15-17,20,23H,3,10-11,13-14,18-19H2,1-2H3,(H,29,31). The van der Waals surface area contributed by atoms with E-state index in [9.17, 15) is 4.79 Å². The quantitative estimate of drug-likeness (QED) is 0.426. The Bertz CT molecular complexity index is 1030. The maximum Gasteiger partial charge on any atom is 0.251 e. The zero-order chi connectivity index (χ0) is 23.8. The van der Waals surface area contributed by atoms with Crippen molar-refractivity contribution in [3.8, 4) is 11.5 Å². The van der Waals surface area contributed by atoms with Crippen LogP contribution in [-0.4, -0.2) is 42.0 Å². The predicted octanol–water partition coefficient (Wildman–Crippen LogP) is 5.32. The highest BCUT2D eigenvalue weighted by Gasteiger charge is 2.26. The number of pyridine rings is 1. The average molecular weight is 480 g/mol. The van der Waals surface area contributed by atoms with E-state index in [4.69, 9.17) is 9.47 Å². The van der Waals surface area contributed by atoms with Gasteiger partial charge in [0.25, 0.3) is 5.91 Å². The first-order chi connectivity index (χ1) is 16.6. The largest absolute Gasteiger partial charge is 0.490 e. The van der Waals surface area contributed by atoms with Gasteiger partial charge in [-0.2, -0.15) is 0 Å². The summed E-state index contributed by atoms with van der Waals surface area (Å²) in [7, 11) is 0. The van der Waals surface area contributed by atoms with E-state index < -0.39 is 0 Å². The fourth-order valence-corrected chi connectivity index (χ4v) is 5.06. The van der Waals surface area contributed by atoms with Gasteiger partial charge < -0.3 is 14.8 Å². The molecule has 1 unspecified atom stereocenters. The fraction of sp³-hybridized carbons (Fsp3) is 0.407. The van der Waals surface area contributed by atoms with Crippen molar-refractivity contribution in [2.75, 3.05) is 26.2 Å². The molecule has 180 valence electrons. The number of thiophene rings is 1. The Morgan fingerprint density at radius 3 is 2.74 bits per heavy atom. The number of likely N-dealkylation sites (tertiary alicyclic amines) is 1. The van der Waals surface area contributed by atoms with Crippen molar-refractivity contribution in [3.05, 3.63) is 76.2 Å². The molecule has 1 aliphatic rings. The van der Waals surface area contributed by atoms with Crippen LogP contribution in [0.1, 0.15) is 53.5 Å². The third-order valence-electron chi connectivity index (χ3n) is 6.21. The Labute approximate surface area is 205 Å². The maximum absolute atomic E-state index is 13.1. The first-order valence-electron chi connectivity index (χ1n) is 12.0. The highest BCUT2D eigenvalue weighted by Crippen LogP contribution is 2.31. The SMILES string of the molecule is CCOc1cc(C(=O)NCC(c2cccs2)N2CCC(C)CC2)ccc1OCc1cccnc1. The van der Waals surface area contributed by atoms with Gasteiger partial charge in [0, 0.05) is 34.9 Å². The Balaban J connectivity index is 1.42. The molecular weight excluding hydrogens is 446 g/mol. The summed E-state index contributed by atoms with van der Waals surface area (Å²) in [6.45, 7) is 7.83. The van der Waals surface area contributed by atoms with Gasteiger partial charge in [-0.05, 0) is 74.5 Å². The lowest BCUT2D eigenvalue weighted by atomic mass is 9.97. The van der Waals surface area contributed by atoms with Crippen LogP contribution in [0, 0.1) is 5.92 Å². The summed E-state index contributed by atoms with van der Waals surface area (Å²) >= 11 is 1.75. The first-order valence-corrected chi connectivity index (χ1v) is 12.9. The average Bonchev–Trinajstić information content (AvgIpc) is 3.40. The monoisotopic (exact) mass is 479 g/mol. The third-order valence-corrected chi connectivity index (χ3v) is 7.18. The smallest absolute Gasteiger partial charge is 0.251 e. The molecule has 4 rings (SSSR count). The van der Waals surface area contributed by atoms with Crippen molar-refractivity contribution >= 4 is 17.2 Å². The van der Waals surface area contributed by atoms with Crippen LogP contribution in [0.4, 0.5) is 0 Å². The molecule has 0 bridgehead atoms. The molecule has 1 amide bonds. The molecule has 0 spiro atoms. The number of rotatable bonds is 10. The number of benzene rings is 1. The third kappa shape index (κ3) is 6.36. The van der Waals surface area contributed by atoms with E-state index in [1.165, 1.54) is 17.7 Å². The molecule has 1 aromatic carbocycles. The highest BCUT2D eigenvalue weighted by atomic mass is 32.1. The zero-order valence-electron chi connectivity index (χ0n) is 19.9. The molecule has 0 radical (unpaired) electrons. The van der Waals surface area contributed by atoms with E-state index in [1.54, 1.807) is 41.9 Å². The van der Waals surface area contributed by atoms with Gasteiger partial charge in [0.2, 0.25) is 0 Å². The molecule has 1 saturated heterocycles. The molecule has 1 N–H and O–H groups in total. The number of nitrogens with zero attached hydrogens (tertiary/aromatic N) is 2. The number of hydrogen-bond acceptors (Lipinski definition) is 6. The summed E-state index contributed by atoms with van der Waals surface area (Å²) in [5.41, 5.74) is 1.54. The maximum atomic E-state index is 13.1. The summed E-state index contributed by atoms with van der Waals surface area (Å²) in [5.74, 6) is 1.84. The molecule has 2 aromatic heterocycles. The number of hydrogen-bond donors (Lipinski definition) is 1. The second kappa shape index (κ2) is 12.0. The van der Waals surface area contributed by atoms with Gasteiger partial charge in [0.1, 0.15) is 6.61 Å². The van der Waals surface area contributed by atoms with Crippen molar-refractivity contribution in [1.82, 2.24) is 15.2 Å². The van der Waals surface area contributed by atoms with Crippen molar-refractivity contribution < 1.29 is 14.3 Å². The molecule has 3 heterocycles. The molecule has 0 aliphatic carbocycles. The van der Waals surface area contributed by atoms with E-state index in [0.717, 1.165) is 24.6 Å². The molecule has 1 atom stereocenters. The van der Waals surface area contributed by atoms with Crippen molar-refractivity contribution in [2.45, 2.75) is 39.3 Å². The number of nitrogens with one attached hydrogen (secondary N) is 1. The molecule has 34 heavy (non-hydrogen) atoms. The Kier molecular flexibility index (Phi) is 8.55. The van der Waals surface area contributed by atoms with Gasteiger partial charge in [-0.3, -0.25) is 14.7 Å². The van der Waals surface area contributed by atoms with Crippen molar-refractivity contribution in [2.24, 2.45) is 5.92 Å². The summed E-state index contributed by atoms with van der Waals surface area (Å²) in [4.78, 5) is 21.0. The lowest BCUT2D eigenvalue weighted by Crippen LogP contribution is -2.41. The van der Waals surface area contributed by atoms with E-state index >= 15 is 0 Å². The minimum absolute atomic E-state index is 0.105. The van der Waals surface area contributed by atoms with Gasteiger partial charge in [-0.25, -0.2) is 0 Å². The zero-order valence-corrected chi connectivity index (χ0v) is 20.7. The Morgan fingerprint density at radius 2 is 2.03 bits per heavy atom. The molecular formula is C27H33N3O3S. The number of amides is 1. The number of carbonyl (C=O) groups excluding carboxylic acids is 1. The van der Waals surface area contributed by atoms with E-state index in [-0.39, 0.29) is 11.9 Å². The van der Waals surface area contributed by atoms with Crippen molar-refractivity contribution in [3.63, 3.8) is 0 Å². The minimum Gasteiger partial charge on any atom is -0.490 e. The van der Waals surface area contributed by atoms with Gasteiger partial charge in [0.15, 0.2) is 11.5 Å². The van der Waals surface area contributed by atoms with E-state index in [0.29, 0.717) is 36.8 Å². The van der Waals surface area contributed by atoms with Crippen LogP contribution >= 0.6 is 11.3 Å². The van der Waals surface area contributed by atoms with Crippen LogP contribution in [0.3, 0.4) is 0 Å². The normalized spacial score (nSPS) is 15.6. The highest BCUT2D eigenvalue weighted by molar-refractivity contribution is 7.10. The van der Waals surface area contributed by atoms with Crippen molar-refractivity contribution in [1.29, 1.82) is 0 Å². The number of aromatic nitrogens is 1. The summed E-state index contributed by atoms with van der Waals surface area (Å²) < 4.78 is 11.7. The molecule has 7 heteroatoms. The van der Waals surface area contributed by atoms with Gasteiger partial charge in [-0.15, -0.1) is 11.3 Å². The second-order valence-electron chi connectivity index (χ2n) is 8.70. The van der Waals surface area contributed by atoms with Gasteiger partial charge in [-0.1, -0.05) is 19.1 Å². The Hall–Kier alpha value is -2.90. The lowest BCUT2D eigenvalue weighted by Gasteiger charge is -2.36. The molecule has 1 aliphatic heterocycles. The van der Waals surface area contributed by atoms with Crippen LogP contribution in [0.25, 0.3) is 0 Å². The summed E-state index contributed by atoms with van der Waals surface area (Å²) in [6.07, 6.45) is 5.91. The van der Waals surface area contributed by atoms with E-state index in [1.807, 2.05) is 19.1 Å². The van der Waals surface area contributed by atoms with Crippen LogP contribution in [0.2, 0.25) is 0 Å². The lowest BCUT2D eigenvalue weighted by molar-refractivity contribution is 0.0914.